The molecule has 0 saturated carbocycles. The molecule has 0 saturated heterocycles. The van der Waals surface area contributed by atoms with Crippen molar-refractivity contribution in [1.29, 1.82) is 0 Å². The molecule has 0 radical (unpaired) electrons. The first-order valence-electron chi connectivity index (χ1n) is 14.0. The van der Waals surface area contributed by atoms with Gasteiger partial charge < -0.3 is 18.9 Å². The fraction of sp³-hybridized carbons (Fsp3) is 0.400. The number of allylic oxidation sites excluding steroid dienone is 3. The first-order valence-corrected chi connectivity index (χ1v) is 14.0. The van der Waals surface area contributed by atoms with E-state index >= 15 is 0 Å². The third kappa shape index (κ3) is 8.68. The first-order chi connectivity index (χ1) is 19.5. The van der Waals surface area contributed by atoms with Crippen LogP contribution in [0.3, 0.4) is 0 Å². The minimum Gasteiger partial charge on any atom is -0.496 e. The van der Waals surface area contributed by atoms with Crippen LogP contribution in [0.25, 0.3) is 6.08 Å². The fourth-order valence-corrected chi connectivity index (χ4v) is 3.80. The highest BCUT2D eigenvalue weighted by Gasteiger charge is 2.31. The third-order valence-electron chi connectivity index (χ3n) is 6.01. The van der Waals surface area contributed by atoms with E-state index in [0.29, 0.717) is 58.1 Å². The highest BCUT2D eigenvalue weighted by Crippen LogP contribution is 2.46. The van der Waals surface area contributed by atoms with Gasteiger partial charge in [-0.2, -0.15) is 0 Å². The van der Waals surface area contributed by atoms with E-state index in [2.05, 4.69) is 13.2 Å². The molecule has 0 amide bonds. The Morgan fingerprint density at radius 1 is 0.786 bits per heavy atom. The summed E-state index contributed by atoms with van der Waals surface area (Å²) >= 11 is 0. The molecule has 0 heterocycles. The molecule has 0 fully saturated rings. The predicted octanol–water partition coefficient (Wildman–Crippen LogP) is 7.74. The number of methoxy groups -OCH3 is 1. The average molecular weight is 577 g/mol. The van der Waals surface area contributed by atoms with Crippen LogP contribution >= 0.6 is 0 Å². The average Bonchev–Trinajstić information content (AvgIpc) is 2.89. The van der Waals surface area contributed by atoms with Crippen LogP contribution in [0.5, 0.6) is 23.0 Å². The second-order valence-corrected chi connectivity index (χ2v) is 12.2. The van der Waals surface area contributed by atoms with Crippen LogP contribution in [0.2, 0.25) is 0 Å². The highest BCUT2D eigenvalue weighted by molar-refractivity contribution is 6.07. The molecule has 2 aromatic rings. The van der Waals surface area contributed by atoms with E-state index in [-0.39, 0.29) is 17.9 Å². The van der Waals surface area contributed by atoms with Gasteiger partial charge in [0.05, 0.1) is 29.6 Å². The van der Waals surface area contributed by atoms with Crippen molar-refractivity contribution >= 4 is 23.8 Å². The van der Waals surface area contributed by atoms with Crippen molar-refractivity contribution in [3.8, 4) is 23.0 Å². The molecule has 42 heavy (non-hydrogen) atoms. The van der Waals surface area contributed by atoms with Gasteiger partial charge in [-0.1, -0.05) is 12.2 Å². The Hall–Kier alpha value is -4.13. The van der Waals surface area contributed by atoms with Crippen molar-refractivity contribution < 1.29 is 33.3 Å². The van der Waals surface area contributed by atoms with E-state index in [1.165, 1.54) is 13.2 Å². The molecular weight excluding hydrogens is 532 g/mol. The minimum atomic E-state index is -0.755. The van der Waals surface area contributed by atoms with Gasteiger partial charge in [-0.3, -0.25) is 14.4 Å². The van der Waals surface area contributed by atoms with Gasteiger partial charge in [0.15, 0.2) is 5.78 Å². The Bertz CT molecular complexity index is 1350. The van der Waals surface area contributed by atoms with Gasteiger partial charge in [-0.15, -0.1) is 13.2 Å². The lowest BCUT2D eigenvalue weighted by Crippen LogP contribution is -2.27. The number of hydrogen-bond acceptors (Lipinski definition) is 7. The molecule has 0 bridgehead atoms. The van der Waals surface area contributed by atoms with Gasteiger partial charge in [-0.25, -0.2) is 0 Å². The number of benzene rings is 2. The van der Waals surface area contributed by atoms with Crippen molar-refractivity contribution in [1.82, 2.24) is 0 Å². The number of ether oxygens (including phenoxy) is 4. The minimum absolute atomic E-state index is 0.235. The molecule has 7 heteroatoms. The number of rotatable bonds is 12. The largest absolute Gasteiger partial charge is 0.496 e. The Morgan fingerprint density at radius 3 is 1.74 bits per heavy atom. The van der Waals surface area contributed by atoms with E-state index < -0.39 is 16.8 Å². The van der Waals surface area contributed by atoms with E-state index in [9.17, 15) is 14.4 Å². The summed E-state index contributed by atoms with van der Waals surface area (Å²) in [6.45, 7) is 22.2. The number of carbonyl (C=O) groups excluding carboxylic acids is 3. The maximum Gasteiger partial charge on any atom is 0.316 e. The second kappa shape index (κ2) is 14.2. The molecule has 0 N–H and O–H groups in total. The molecule has 0 unspecified atom stereocenters. The zero-order valence-electron chi connectivity index (χ0n) is 26.4. The SMILES string of the molecule is C=CCc1c(OC)c(C=CC(=O)c2ccc(OC(=O)C(C)(C)C)cc2)c(OC(C)C)c(CC=C)c1OC(=O)C(C)(C)C. The van der Waals surface area contributed by atoms with E-state index in [1.54, 1.807) is 84.0 Å². The van der Waals surface area contributed by atoms with Crippen LogP contribution in [-0.2, 0) is 22.4 Å². The summed E-state index contributed by atoms with van der Waals surface area (Å²) in [5.41, 5.74) is 0.748. The summed E-state index contributed by atoms with van der Waals surface area (Å²) in [4.78, 5) is 38.4. The molecule has 0 aliphatic heterocycles. The number of ketones is 1. The second-order valence-electron chi connectivity index (χ2n) is 12.2. The van der Waals surface area contributed by atoms with Crippen molar-refractivity contribution in [2.75, 3.05) is 7.11 Å². The molecule has 0 aliphatic carbocycles. The number of hydrogen-bond donors (Lipinski definition) is 0. The van der Waals surface area contributed by atoms with Crippen LogP contribution in [-0.4, -0.2) is 30.9 Å². The van der Waals surface area contributed by atoms with Crippen LogP contribution in [0.4, 0.5) is 0 Å². The van der Waals surface area contributed by atoms with Crippen molar-refractivity contribution in [2.24, 2.45) is 10.8 Å². The lowest BCUT2D eigenvalue weighted by Gasteiger charge is -2.26. The van der Waals surface area contributed by atoms with Crippen molar-refractivity contribution in [3.63, 3.8) is 0 Å². The van der Waals surface area contributed by atoms with E-state index in [1.807, 2.05) is 13.8 Å². The molecule has 0 spiro atoms. The Morgan fingerprint density at radius 2 is 1.29 bits per heavy atom. The maximum atomic E-state index is 13.2. The molecule has 0 atom stereocenters. The summed E-state index contributed by atoms with van der Waals surface area (Å²) in [6, 6.07) is 6.37. The van der Waals surface area contributed by atoms with Crippen molar-refractivity contribution in [3.05, 3.63) is 77.9 Å². The molecule has 7 nitrogen and oxygen atoms in total. The van der Waals surface area contributed by atoms with Gasteiger partial charge in [0.2, 0.25) is 0 Å². The van der Waals surface area contributed by atoms with Crippen LogP contribution in [0.1, 0.15) is 82.4 Å². The monoisotopic (exact) mass is 576 g/mol. The Balaban J connectivity index is 2.68. The van der Waals surface area contributed by atoms with Crippen molar-refractivity contribution in [2.45, 2.75) is 74.3 Å². The Kier molecular flexibility index (Phi) is 11.5. The molecule has 0 aliphatic rings. The predicted molar refractivity (Wildman–Crippen MR) is 167 cm³/mol. The standard InChI is InChI=1S/C35H44O7/c1-12-14-25-29(39-11)27(20-21-28(36)23-16-18-24(19-17-23)41-32(37)34(5,6)7)30(40-22(3)4)26(15-13-2)31(25)42-33(38)35(8,9)10/h12-13,16-22H,1-2,14-15H2,3-11H3. The zero-order chi connectivity index (χ0) is 31.8. The quantitative estimate of drug-likeness (QED) is 0.0839. The molecule has 2 aromatic carbocycles. The van der Waals surface area contributed by atoms with Gasteiger partial charge in [0.1, 0.15) is 23.0 Å². The van der Waals surface area contributed by atoms with Gasteiger partial charge >= 0.3 is 11.9 Å². The van der Waals surface area contributed by atoms with Gasteiger partial charge in [-0.05, 0) is 105 Å². The van der Waals surface area contributed by atoms with Gasteiger partial charge in [0, 0.05) is 16.7 Å². The van der Waals surface area contributed by atoms with Crippen LogP contribution < -0.4 is 18.9 Å². The maximum absolute atomic E-state index is 13.2. The van der Waals surface area contributed by atoms with Crippen LogP contribution in [0, 0.1) is 10.8 Å². The molecule has 0 aromatic heterocycles. The Labute approximate surface area is 250 Å². The first kappa shape index (κ1) is 34.1. The van der Waals surface area contributed by atoms with Crippen LogP contribution in [0.15, 0.2) is 55.7 Å². The van der Waals surface area contributed by atoms with Gasteiger partial charge in [0.25, 0.3) is 0 Å². The lowest BCUT2D eigenvalue weighted by molar-refractivity contribution is -0.143. The highest BCUT2D eigenvalue weighted by atomic mass is 16.5. The lowest BCUT2D eigenvalue weighted by atomic mass is 9.94. The molecular formula is C35H44O7. The molecule has 226 valence electrons. The summed E-state index contributed by atoms with van der Waals surface area (Å²) in [5, 5.41) is 0. The summed E-state index contributed by atoms with van der Waals surface area (Å²) in [7, 11) is 1.51. The summed E-state index contributed by atoms with van der Waals surface area (Å²) in [6.07, 6.45) is 6.91. The third-order valence-corrected chi connectivity index (χ3v) is 6.01. The molecule has 2 rings (SSSR count). The summed E-state index contributed by atoms with van der Waals surface area (Å²) in [5.74, 6) is 0.474. The number of esters is 2. The van der Waals surface area contributed by atoms with E-state index in [4.69, 9.17) is 18.9 Å². The zero-order valence-corrected chi connectivity index (χ0v) is 26.4. The summed E-state index contributed by atoms with van der Waals surface area (Å²) < 4.78 is 23.5. The fourth-order valence-electron chi connectivity index (χ4n) is 3.80. The topological polar surface area (TPSA) is 88.1 Å². The normalized spacial score (nSPS) is 11.8. The smallest absolute Gasteiger partial charge is 0.316 e. The van der Waals surface area contributed by atoms with E-state index in [0.717, 1.165) is 0 Å². The number of carbonyl (C=O) groups is 3.